The van der Waals surface area contributed by atoms with Crippen LogP contribution < -0.4 is 20.5 Å². The molecule has 3 aliphatic heterocycles. The van der Waals surface area contributed by atoms with Gasteiger partial charge in [-0.05, 0) is 84.1 Å². The molecule has 0 spiro atoms. The molecular formula is C35H50N4O5. The van der Waals surface area contributed by atoms with Crippen molar-refractivity contribution < 1.29 is 19.0 Å². The number of H-pyrrole nitrogens is 1. The third kappa shape index (κ3) is 6.42. The van der Waals surface area contributed by atoms with E-state index in [2.05, 4.69) is 46.9 Å². The molecule has 2 bridgehead atoms. The SMILES string of the molecule is CCN(c1cc(O[C@H]2C[C@H](N3C[C@@H](C)O[C@@H](C)C3)C2)cc(C(=O)NCc2c(C)cc(C)[nH]c2=O)c1C)C1CC2CCC1CO2. The highest BCUT2D eigenvalue weighted by Crippen LogP contribution is 2.41. The molecular weight excluding hydrogens is 556 g/mol. The molecule has 4 heterocycles. The van der Waals surface area contributed by atoms with E-state index in [4.69, 9.17) is 14.2 Å². The Bertz CT molecular complexity index is 1400. The summed E-state index contributed by atoms with van der Waals surface area (Å²) in [6.45, 7) is 16.0. The van der Waals surface area contributed by atoms with E-state index in [-0.39, 0.29) is 36.3 Å². The summed E-state index contributed by atoms with van der Waals surface area (Å²) >= 11 is 0. The van der Waals surface area contributed by atoms with Crippen LogP contribution in [0, 0.1) is 26.7 Å². The minimum absolute atomic E-state index is 0.114. The third-order valence-corrected chi connectivity index (χ3v) is 10.4. The first kappa shape index (κ1) is 31.1. The average molecular weight is 607 g/mol. The maximum absolute atomic E-state index is 13.8. The molecule has 240 valence electrons. The van der Waals surface area contributed by atoms with Crippen LogP contribution in [0.25, 0.3) is 0 Å². The van der Waals surface area contributed by atoms with Crippen LogP contribution in [-0.4, -0.2) is 78.5 Å². The molecule has 5 fully saturated rings. The number of pyridine rings is 1. The molecule has 7 rings (SSSR count). The van der Waals surface area contributed by atoms with Gasteiger partial charge in [0.2, 0.25) is 0 Å². The molecule has 9 nitrogen and oxygen atoms in total. The fraction of sp³-hybridized carbons (Fsp3) is 0.657. The van der Waals surface area contributed by atoms with Crippen molar-refractivity contribution in [2.75, 3.05) is 31.1 Å². The zero-order valence-corrected chi connectivity index (χ0v) is 27.3. The Morgan fingerprint density at radius 2 is 1.84 bits per heavy atom. The van der Waals surface area contributed by atoms with Gasteiger partial charge in [0.25, 0.3) is 11.5 Å². The third-order valence-electron chi connectivity index (χ3n) is 10.4. The fourth-order valence-electron chi connectivity index (χ4n) is 8.02. The van der Waals surface area contributed by atoms with E-state index in [0.717, 1.165) is 80.2 Å². The van der Waals surface area contributed by atoms with Gasteiger partial charge in [-0.25, -0.2) is 0 Å². The monoisotopic (exact) mass is 606 g/mol. The number of hydrogen-bond donors (Lipinski definition) is 2. The first-order valence-electron chi connectivity index (χ1n) is 16.7. The zero-order chi connectivity index (χ0) is 31.1. The lowest BCUT2D eigenvalue weighted by Crippen LogP contribution is -2.56. The molecule has 3 saturated heterocycles. The van der Waals surface area contributed by atoms with Gasteiger partial charge in [-0.15, -0.1) is 0 Å². The summed E-state index contributed by atoms with van der Waals surface area (Å²) in [7, 11) is 0. The summed E-state index contributed by atoms with van der Waals surface area (Å²) in [5.41, 5.74) is 4.70. The number of morpholine rings is 1. The standard InChI is InChI=1S/C35H50N4O5/c1-7-39(33-14-27-9-8-25(33)19-42-27)32-15-29(44-28-11-26(12-28)38-17-22(4)43-23(5)18-38)13-30(24(32)6)34(40)36-16-31-20(2)10-21(3)37-35(31)41/h10,13,15,22-23,25-28,33H,7-9,11-12,14,16-19H2,1-6H3,(H,36,40)(H,37,41)/t22-,23+,25?,26-,27?,28-,33?. The van der Waals surface area contributed by atoms with Gasteiger partial charge in [-0.2, -0.15) is 0 Å². The molecule has 2 N–H and O–H groups in total. The highest BCUT2D eigenvalue weighted by Gasteiger charge is 2.41. The van der Waals surface area contributed by atoms with Crippen LogP contribution in [0.4, 0.5) is 5.69 Å². The summed E-state index contributed by atoms with van der Waals surface area (Å²) in [5.74, 6) is 1.03. The molecule has 2 saturated carbocycles. The van der Waals surface area contributed by atoms with E-state index in [1.54, 1.807) is 0 Å². The van der Waals surface area contributed by atoms with Crippen molar-refractivity contribution in [3.05, 3.63) is 56.5 Å². The van der Waals surface area contributed by atoms with Crippen molar-refractivity contribution in [3.8, 4) is 5.75 Å². The van der Waals surface area contributed by atoms with Gasteiger partial charge < -0.3 is 29.4 Å². The molecule has 9 heteroatoms. The Hall–Kier alpha value is -2.88. The van der Waals surface area contributed by atoms with Crippen LogP contribution in [0.5, 0.6) is 5.75 Å². The number of fused-ring (bicyclic) bond motifs is 3. The number of carbonyl (C=O) groups is 1. The van der Waals surface area contributed by atoms with E-state index in [1.165, 1.54) is 6.42 Å². The summed E-state index contributed by atoms with van der Waals surface area (Å²) in [4.78, 5) is 34.3. The predicted octanol–water partition coefficient (Wildman–Crippen LogP) is 4.64. The van der Waals surface area contributed by atoms with E-state index in [9.17, 15) is 9.59 Å². The van der Waals surface area contributed by atoms with Gasteiger partial charge in [0.1, 0.15) is 11.9 Å². The van der Waals surface area contributed by atoms with E-state index < -0.39 is 0 Å². The largest absolute Gasteiger partial charge is 0.490 e. The first-order chi connectivity index (χ1) is 21.1. The quantitative estimate of drug-likeness (QED) is 0.429. The van der Waals surface area contributed by atoms with Crippen LogP contribution in [0.1, 0.15) is 85.6 Å². The van der Waals surface area contributed by atoms with Gasteiger partial charge in [0, 0.05) is 85.6 Å². The van der Waals surface area contributed by atoms with Crippen molar-refractivity contribution >= 4 is 11.6 Å². The Morgan fingerprint density at radius 1 is 1.09 bits per heavy atom. The van der Waals surface area contributed by atoms with Gasteiger partial charge in [0.15, 0.2) is 0 Å². The molecule has 0 radical (unpaired) electrons. The Labute approximate surface area is 261 Å². The number of amides is 1. The number of anilines is 1. The minimum Gasteiger partial charge on any atom is -0.490 e. The summed E-state index contributed by atoms with van der Waals surface area (Å²) < 4.78 is 18.6. The smallest absolute Gasteiger partial charge is 0.253 e. The minimum atomic E-state index is -0.194. The maximum Gasteiger partial charge on any atom is 0.253 e. The second kappa shape index (κ2) is 12.9. The number of benzene rings is 1. The van der Waals surface area contributed by atoms with E-state index in [1.807, 2.05) is 32.9 Å². The van der Waals surface area contributed by atoms with Crippen LogP contribution in [0.15, 0.2) is 23.0 Å². The number of aromatic nitrogens is 1. The number of aryl methyl sites for hydroxylation is 2. The van der Waals surface area contributed by atoms with Crippen LogP contribution >= 0.6 is 0 Å². The summed E-state index contributed by atoms with van der Waals surface area (Å²) in [6.07, 6.45) is 6.20. The second-order valence-electron chi connectivity index (χ2n) is 13.7. The molecule has 44 heavy (non-hydrogen) atoms. The van der Waals surface area contributed by atoms with Crippen molar-refractivity contribution in [2.24, 2.45) is 5.92 Å². The molecule has 5 aliphatic rings. The van der Waals surface area contributed by atoms with Crippen LogP contribution in [0.3, 0.4) is 0 Å². The van der Waals surface area contributed by atoms with E-state index >= 15 is 0 Å². The molecule has 2 aliphatic carbocycles. The normalized spacial score (nSPS) is 30.1. The Kier molecular flexibility index (Phi) is 9.09. The van der Waals surface area contributed by atoms with Crippen molar-refractivity contribution in [3.63, 3.8) is 0 Å². The van der Waals surface area contributed by atoms with Gasteiger partial charge in [0.05, 0.1) is 24.9 Å². The molecule has 2 aromatic rings. The highest BCUT2D eigenvalue weighted by molar-refractivity contribution is 5.97. The van der Waals surface area contributed by atoms with Crippen LogP contribution in [-0.2, 0) is 16.0 Å². The van der Waals surface area contributed by atoms with Crippen molar-refractivity contribution in [2.45, 2.75) is 117 Å². The predicted molar refractivity (Wildman–Crippen MR) is 172 cm³/mol. The average Bonchev–Trinajstić information content (AvgIpc) is 2.96. The topological polar surface area (TPSA) is 96.1 Å². The number of ether oxygens (including phenoxy) is 3. The number of carbonyl (C=O) groups excluding carboxylic acids is 1. The zero-order valence-electron chi connectivity index (χ0n) is 27.3. The van der Waals surface area contributed by atoms with E-state index in [0.29, 0.717) is 35.2 Å². The highest BCUT2D eigenvalue weighted by atomic mass is 16.5. The first-order valence-corrected chi connectivity index (χ1v) is 16.7. The second-order valence-corrected chi connectivity index (χ2v) is 13.7. The van der Waals surface area contributed by atoms with Crippen molar-refractivity contribution in [1.29, 1.82) is 0 Å². The molecule has 1 amide bonds. The van der Waals surface area contributed by atoms with Crippen LogP contribution in [0.2, 0.25) is 0 Å². The van der Waals surface area contributed by atoms with Gasteiger partial charge >= 0.3 is 0 Å². The molecule has 5 atom stereocenters. The maximum atomic E-state index is 13.8. The summed E-state index contributed by atoms with van der Waals surface area (Å²) in [6, 6.07) is 6.87. The lowest BCUT2D eigenvalue weighted by atomic mass is 9.79. The number of nitrogens with zero attached hydrogens (tertiary/aromatic N) is 2. The Balaban J connectivity index is 1.24. The van der Waals surface area contributed by atoms with Crippen molar-refractivity contribution in [1.82, 2.24) is 15.2 Å². The Morgan fingerprint density at radius 3 is 2.45 bits per heavy atom. The lowest BCUT2D eigenvalue weighted by molar-refractivity contribution is -0.103. The summed E-state index contributed by atoms with van der Waals surface area (Å²) in [5, 5.41) is 3.04. The molecule has 1 aromatic heterocycles. The number of rotatable bonds is 9. The number of nitrogens with one attached hydrogen (secondary N) is 2. The lowest BCUT2D eigenvalue weighted by Gasteiger charge is -2.48. The molecule has 3 unspecified atom stereocenters. The number of hydrogen-bond acceptors (Lipinski definition) is 7. The molecule has 1 aromatic carbocycles. The van der Waals surface area contributed by atoms with Gasteiger partial charge in [-0.1, -0.05) is 0 Å². The van der Waals surface area contributed by atoms with Gasteiger partial charge in [-0.3, -0.25) is 14.5 Å². The fourth-order valence-corrected chi connectivity index (χ4v) is 8.02. The number of aromatic amines is 1.